The van der Waals surface area contributed by atoms with E-state index in [4.69, 9.17) is 0 Å². The Bertz CT molecular complexity index is 1210. The molecule has 1 nitrogen and oxygen atoms in total. The second kappa shape index (κ2) is 59.1. The van der Waals surface area contributed by atoms with E-state index in [0.717, 1.165) is 0 Å². The van der Waals surface area contributed by atoms with Gasteiger partial charge in [0.15, 0.2) is 0 Å². The minimum absolute atomic E-state index is 1.28. The third-order valence-corrected chi connectivity index (χ3v) is 17.8. The maximum absolute atomic E-state index is 3.05. The Morgan fingerprint density at radius 3 is 0.667 bits per heavy atom. The molecule has 0 heterocycles. The zero-order valence-electron chi connectivity index (χ0n) is 53.4. The Hall–Kier alpha value is -0.980. The van der Waals surface area contributed by atoms with E-state index in [1.165, 1.54) is 398 Å². The molecule has 0 aliphatic heterocycles. The summed E-state index contributed by atoms with van der Waals surface area (Å²) in [5.74, 6) is 0. The third-order valence-electron chi connectivity index (χ3n) is 17.8. The van der Waals surface area contributed by atoms with Crippen LogP contribution in [0.5, 0.6) is 0 Å². The molecule has 1 heteroatoms. The van der Waals surface area contributed by atoms with E-state index >= 15 is 0 Å². The molecule has 0 fully saturated rings. The van der Waals surface area contributed by atoms with Gasteiger partial charge in [-0.05, 0) is 92.5 Å². The normalized spacial score (nSPS) is 11.7. The van der Waals surface area contributed by atoms with Gasteiger partial charge in [-0.25, -0.2) is 0 Å². The van der Waals surface area contributed by atoms with Crippen molar-refractivity contribution in [2.45, 2.75) is 427 Å². The van der Waals surface area contributed by atoms with Gasteiger partial charge in [-0.2, -0.15) is 0 Å². The second-order valence-electron chi connectivity index (χ2n) is 25.2. The van der Waals surface area contributed by atoms with Gasteiger partial charge in [-0.1, -0.05) is 363 Å². The predicted octanol–water partition coefficient (Wildman–Crippen LogP) is 26.6. The molecule has 0 saturated carbocycles. The molecule has 1 aromatic rings. The summed E-state index contributed by atoms with van der Waals surface area (Å²) in [6, 6.07) is 2.90. The average Bonchev–Trinajstić information content (AvgIpc) is 3.42. The Morgan fingerprint density at radius 1 is 0.200 bits per heavy atom. The van der Waals surface area contributed by atoms with Crippen molar-refractivity contribution in [2.75, 3.05) is 18.0 Å². The van der Waals surface area contributed by atoms with Gasteiger partial charge < -0.3 is 4.90 Å². The van der Waals surface area contributed by atoms with Crippen molar-refractivity contribution in [3.05, 3.63) is 28.3 Å². The topological polar surface area (TPSA) is 3.24 Å². The van der Waals surface area contributed by atoms with Crippen LogP contribution in [-0.2, 0) is 25.7 Å². The van der Waals surface area contributed by atoms with Crippen LogP contribution in [0.1, 0.15) is 423 Å². The molecular weight excluding hydrogens is 903 g/mol. The van der Waals surface area contributed by atoms with Crippen molar-refractivity contribution < 1.29 is 0 Å². The third kappa shape index (κ3) is 44.5. The van der Waals surface area contributed by atoms with Crippen molar-refractivity contribution in [1.29, 1.82) is 0 Å². The van der Waals surface area contributed by atoms with Gasteiger partial charge in [0.05, 0.1) is 0 Å². The number of nitrogens with zero attached hydrogens (tertiary/aromatic N) is 1. The molecule has 0 aromatic heterocycles. The van der Waals surface area contributed by atoms with Gasteiger partial charge in [0.2, 0.25) is 0 Å². The van der Waals surface area contributed by atoms with Crippen LogP contribution in [0.2, 0.25) is 0 Å². The molecule has 444 valence electrons. The van der Waals surface area contributed by atoms with Gasteiger partial charge in [0, 0.05) is 18.8 Å². The first-order valence-corrected chi connectivity index (χ1v) is 36.1. The van der Waals surface area contributed by atoms with E-state index in [2.05, 4.69) is 52.5 Å². The minimum Gasteiger partial charge on any atom is -0.371 e. The van der Waals surface area contributed by atoms with Gasteiger partial charge in [0.1, 0.15) is 0 Å². The molecule has 1 aromatic carbocycles. The van der Waals surface area contributed by atoms with E-state index in [0.29, 0.717) is 0 Å². The fourth-order valence-corrected chi connectivity index (χ4v) is 12.7. The van der Waals surface area contributed by atoms with Crippen LogP contribution in [0.15, 0.2) is 6.07 Å². The van der Waals surface area contributed by atoms with Crippen LogP contribution < -0.4 is 4.90 Å². The zero-order valence-corrected chi connectivity index (χ0v) is 53.4. The van der Waals surface area contributed by atoms with Crippen LogP contribution in [0.3, 0.4) is 0 Å². The number of hydrogen-bond donors (Lipinski definition) is 0. The Morgan fingerprint density at radius 2 is 0.400 bits per heavy atom. The van der Waals surface area contributed by atoms with E-state index < -0.39 is 0 Å². The lowest BCUT2D eigenvalue weighted by atomic mass is 9.84. The SMILES string of the molecule is CCCCCCCCCCCCCCCCCCN(CCCCCCCCCCCCCCCCCC)c1cc(CCCCCCCC)c(CCCCCCCC)c(CCCCCCCC)c1CCCCCCCC. The number of rotatable bonds is 63. The molecule has 0 radical (unpaired) electrons. The second-order valence-corrected chi connectivity index (χ2v) is 25.2. The fourth-order valence-electron chi connectivity index (χ4n) is 12.7. The molecule has 0 aliphatic rings. The summed E-state index contributed by atoms with van der Waals surface area (Å²) in [6.45, 7) is 16.7. The molecule has 0 amide bonds. The Kier molecular flexibility index (Phi) is 56.8. The summed E-state index contributed by atoms with van der Waals surface area (Å²) in [6.07, 6.45) is 85.5. The summed E-state index contributed by atoms with van der Waals surface area (Å²) in [5.41, 5.74) is 9.13. The van der Waals surface area contributed by atoms with Crippen LogP contribution in [-0.4, -0.2) is 13.1 Å². The van der Waals surface area contributed by atoms with Crippen molar-refractivity contribution in [1.82, 2.24) is 0 Å². The Labute approximate surface area is 476 Å². The number of aryl methyl sites for hydroxylation is 1. The van der Waals surface area contributed by atoms with Gasteiger partial charge in [-0.15, -0.1) is 0 Å². The number of unbranched alkanes of at least 4 members (excludes halogenated alkanes) is 50. The summed E-state index contributed by atoms with van der Waals surface area (Å²) in [4.78, 5) is 3.05. The monoisotopic (exact) mass is 1050 g/mol. The highest BCUT2D eigenvalue weighted by Gasteiger charge is 2.22. The summed E-state index contributed by atoms with van der Waals surface area (Å²) in [5, 5.41) is 0. The Balaban J connectivity index is 3.32. The maximum Gasteiger partial charge on any atom is 0.0404 e. The fraction of sp³-hybridized carbons (Fsp3) is 0.919. The highest BCUT2D eigenvalue weighted by atomic mass is 15.1. The average molecular weight is 1050 g/mol. The molecule has 75 heavy (non-hydrogen) atoms. The highest BCUT2D eigenvalue weighted by Crippen LogP contribution is 2.36. The van der Waals surface area contributed by atoms with Crippen molar-refractivity contribution >= 4 is 5.69 Å². The minimum atomic E-state index is 1.28. The molecule has 1 rings (SSSR count). The van der Waals surface area contributed by atoms with Gasteiger partial charge in [0.25, 0.3) is 0 Å². The lowest BCUT2D eigenvalue weighted by molar-refractivity contribution is 0.524. The first kappa shape index (κ1) is 72.0. The van der Waals surface area contributed by atoms with Crippen LogP contribution in [0, 0.1) is 0 Å². The molecule has 0 saturated heterocycles. The molecule has 0 aliphatic carbocycles. The largest absolute Gasteiger partial charge is 0.371 e. The van der Waals surface area contributed by atoms with Crippen LogP contribution in [0.25, 0.3) is 0 Å². The van der Waals surface area contributed by atoms with E-state index in [-0.39, 0.29) is 0 Å². The standard InChI is InChI=1S/C74H143N/c1-7-13-19-25-31-33-35-37-39-41-43-45-47-49-55-61-67-75(68-62-56-50-48-46-44-42-40-38-36-34-32-26-20-14-8-2)74-69-70(63-57-51-27-21-15-9-3)71(64-58-52-28-22-16-10-4)72(65-59-53-29-23-17-11-5)73(74)66-60-54-30-24-18-12-6/h69H,7-68H2,1-6H3. The van der Waals surface area contributed by atoms with E-state index in [1.807, 2.05) is 16.7 Å². The van der Waals surface area contributed by atoms with E-state index in [1.54, 1.807) is 11.3 Å². The summed E-state index contributed by atoms with van der Waals surface area (Å²) < 4.78 is 0. The predicted molar refractivity (Wildman–Crippen MR) is 346 cm³/mol. The quantitative estimate of drug-likeness (QED) is 0.0588. The van der Waals surface area contributed by atoms with Crippen molar-refractivity contribution in [3.8, 4) is 0 Å². The number of anilines is 1. The summed E-state index contributed by atoms with van der Waals surface area (Å²) >= 11 is 0. The van der Waals surface area contributed by atoms with Gasteiger partial charge >= 0.3 is 0 Å². The zero-order chi connectivity index (χ0) is 54.0. The van der Waals surface area contributed by atoms with Crippen molar-refractivity contribution in [3.63, 3.8) is 0 Å². The molecule has 0 N–H and O–H groups in total. The molecule has 0 unspecified atom stereocenters. The highest BCUT2D eigenvalue weighted by molar-refractivity contribution is 5.62. The molecule has 0 spiro atoms. The molecule has 0 bridgehead atoms. The lowest BCUT2D eigenvalue weighted by Crippen LogP contribution is -2.28. The van der Waals surface area contributed by atoms with Crippen molar-refractivity contribution in [2.24, 2.45) is 0 Å². The molecular formula is C74H143N. The first-order chi connectivity index (χ1) is 37.2. The maximum atomic E-state index is 3.05. The van der Waals surface area contributed by atoms with Crippen LogP contribution >= 0.6 is 0 Å². The summed E-state index contributed by atoms with van der Waals surface area (Å²) in [7, 11) is 0. The number of hydrogen-bond acceptors (Lipinski definition) is 1. The number of benzene rings is 1. The lowest BCUT2D eigenvalue weighted by Gasteiger charge is -2.32. The smallest absolute Gasteiger partial charge is 0.0404 e. The van der Waals surface area contributed by atoms with Gasteiger partial charge in [-0.3, -0.25) is 0 Å². The first-order valence-electron chi connectivity index (χ1n) is 36.1. The van der Waals surface area contributed by atoms with Crippen LogP contribution in [0.4, 0.5) is 5.69 Å². The van der Waals surface area contributed by atoms with E-state index in [9.17, 15) is 0 Å². The molecule has 0 atom stereocenters.